The Morgan fingerprint density at radius 2 is 1.86 bits per heavy atom. The molecule has 1 fully saturated rings. The van der Waals surface area contributed by atoms with Gasteiger partial charge in [-0.15, -0.1) is 11.3 Å². The molecule has 0 unspecified atom stereocenters. The van der Waals surface area contributed by atoms with Crippen LogP contribution in [0.2, 0.25) is 0 Å². The lowest BCUT2D eigenvalue weighted by molar-refractivity contribution is -0.130. The lowest BCUT2D eigenvalue weighted by atomic mass is 10.1. The first kappa shape index (κ1) is 18.7. The molecule has 3 aromatic rings. The van der Waals surface area contributed by atoms with Gasteiger partial charge in [-0.2, -0.15) is 4.68 Å². The summed E-state index contributed by atoms with van der Waals surface area (Å²) in [6, 6.07) is 9.88. The first-order valence-electron chi connectivity index (χ1n) is 9.73. The van der Waals surface area contributed by atoms with E-state index in [-0.39, 0.29) is 17.9 Å². The third-order valence-electron chi connectivity index (χ3n) is 5.23. The maximum atomic E-state index is 12.9. The molecule has 0 aliphatic carbocycles. The molecule has 0 saturated carbocycles. The molecule has 0 bridgehead atoms. The van der Waals surface area contributed by atoms with Crippen molar-refractivity contribution in [1.29, 1.82) is 0 Å². The summed E-state index contributed by atoms with van der Waals surface area (Å²) in [5.41, 5.74) is 2.92. The first-order valence-corrected chi connectivity index (χ1v) is 10.6. The standard InChI is InChI=1S/C21H24N4O2S/c1-15-17(13-19(26)24-11-7-2-3-8-12-24)20(27)25(23-15)21-22-18(14-28-21)16-9-5-4-6-10-16/h4-6,9-10,14,23H,2-3,7-8,11-13H2,1H3. The molecule has 28 heavy (non-hydrogen) atoms. The van der Waals surface area contributed by atoms with Gasteiger partial charge in [0.15, 0.2) is 0 Å². The molecule has 1 N–H and O–H groups in total. The third-order valence-corrected chi connectivity index (χ3v) is 6.06. The number of likely N-dealkylation sites (tertiary alicyclic amines) is 1. The van der Waals surface area contributed by atoms with Crippen molar-refractivity contribution >= 4 is 17.2 Å². The fourth-order valence-electron chi connectivity index (χ4n) is 3.62. The molecule has 1 saturated heterocycles. The highest BCUT2D eigenvalue weighted by atomic mass is 32.1. The molecule has 1 aromatic carbocycles. The minimum Gasteiger partial charge on any atom is -0.342 e. The Morgan fingerprint density at radius 1 is 1.14 bits per heavy atom. The maximum Gasteiger partial charge on any atom is 0.277 e. The number of nitrogens with zero attached hydrogens (tertiary/aromatic N) is 3. The van der Waals surface area contributed by atoms with Gasteiger partial charge in [0.1, 0.15) is 0 Å². The van der Waals surface area contributed by atoms with Crippen LogP contribution in [-0.4, -0.2) is 38.7 Å². The van der Waals surface area contributed by atoms with E-state index in [4.69, 9.17) is 0 Å². The summed E-state index contributed by atoms with van der Waals surface area (Å²) in [6.45, 7) is 3.43. The third kappa shape index (κ3) is 3.80. The van der Waals surface area contributed by atoms with E-state index in [0.29, 0.717) is 10.7 Å². The van der Waals surface area contributed by atoms with Crippen LogP contribution < -0.4 is 5.56 Å². The van der Waals surface area contributed by atoms with Crippen molar-refractivity contribution in [3.05, 3.63) is 57.3 Å². The molecule has 0 radical (unpaired) electrons. The van der Waals surface area contributed by atoms with Crippen LogP contribution in [0.25, 0.3) is 16.4 Å². The van der Waals surface area contributed by atoms with Crippen LogP contribution in [0, 0.1) is 6.92 Å². The summed E-state index contributed by atoms with van der Waals surface area (Å²) in [5.74, 6) is 0.0392. The van der Waals surface area contributed by atoms with E-state index in [1.54, 1.807) is 0 Å². The molecule has 6 nitrogen and oxygen atoms in total. The Kier molecular flexibility index (Phi) is 5.43. The number of aromatic nitrogens is 3. The second-order valence-electron chi connectivity index (χ2n) is 7.21. The van der Waals surface area contributed by atoms with Crippen LogP contribution in [0.3, 0.4) is 0 Å². The van der Waals surface area contributed by atoms with E-state index in [0.717, 1.165) is 42.9 Å². The number of thiazole rings is 1. The van der Waals surface area contributed by atoms with Gasteiger partial charge in [0.05, 0.1) is 12.1 Å². The largest absolute Gasteiger partial charge is 0.342 e. The highest BCUT2D eigenvalue weighted by Crippen LogP contribution is 2.23. The van der Waals surface area contributed by atoms with Crippen LogP contribution in [0.15, 0.2) is 40.5 Å². The summed E-state index contributed by atoms with van der Waals surface area (Å²) in [4.78, 5) is 32.2. The molecule has 7 heteroatoms. The Morgan fingerprint density at radius 3 is 2.57 bits per heavy atom. The van der Waals surface area contributed by atoms with Crippen molar-refractivity contribution in [3.63, 3.8) is 0 Å². The minimum atomic E-state index is -0.186. The van der Waals surface area contributed by atoms with E-state index in [1.807, 2.05) is 47.5 Å². The van der Waals surface area contributed by atoms with Gasteiger partial charge in [-0.25, -0.2) is 4.98 Å². The molecular formula is C21H24N4O2S. The number of carbonyl (C=O) groups is 1. The molecule has 0 atom stereocenters. The number of benzene rings is 1. The van der Waals surface area contributed by atoms with Crippen LogP contribution >= 0.6 is 11.3 Å². The van der Waals surface area contributed by atoms with Crippen molar-refractivity contribution < 1.29 is 4.79 Å². The van der Waals surface area contributed by atoms with E-state index in [2.05, 4.69) is 10.1 Å². The van der Waals surface area contributed by atoms with Crippen molar-refractivity contribution in [2.75, 3.05) is 13.1 Å². The van der Waals surface area contributed by atoms with Gasteiger partial charge in [0, 0.05) is 35.3 Å². The number of rotatable bonds is 4. The predicted octanol–water partition coefficient (Wildman–Crippen LogP) is 3.54. The topological polar surface area (TPSA) is 71.0 Å². The average Bonchev–Trinajstić information content (AvgIpc) is 3.18. The Bertz CT molecular complexity index is 1010. The summed E-state index contributed by atoms with van der Waals surface area (Å²) >= 11 is 1.41. The molecule has 2 aromatic heterocycles. The zero-order valence-corrected chi connectivity index (χ0v) is 16.8. The number of hydrogen-bond donors (Lipinski definition) is 1. The van der Waals surface area contributed by atoms with Gasteiger partial charge >= 0.3 is 0 Å². The fourth-order valence-corrected chi connectivity index (χ4v) is 4.41. The number of H-pyrrole nitrogens is 1. The van der Waals surface area contributed by atoms with E-state index in [1.165, 1.54) is 28.9 Å². The lowest BCUT2D eigenvalue weighted by Gasteiger charge is -2.19. The van der Waals surface area contributed by atoms with Crippen molar-refractivity contribution in [1.82, 2.24) is 19.7 Å². The lowest BCUT2D eigenvalue weighted by Crippen LogP contribution is -2.34. The molecule has 1 amide bonds. The van der Waals surface area contributed by atoms with Gasteiger partial charge in [-0.3, -0.25) is 14.7 Å². The number of amides is 1. The number of aryl methyl sites for hydroxylation is 1. The molecule has 4 rings (SSSR count). The van der Waals surface area contributed by atoms with E-state index in [9.17, 15) is 9.59 Å². The SMILES string of the molecule is Cc1[nH]n(-c2nc(-c3ccccc3)cs2)c(=O)c1CC(=O)N1CCCCCC1. The van der Waals surface area contributed by atoms with E-state index >= 15 is 0 Å². The van der Waals surface area contributed by atoms with Crippen LogP contribution in [0.4, 0.5) is 0 Å². The smallest absolute Gasteiger partial charge is 0.277 e. The maximum absolute atomic E-state index is 12.9. The minimum absolute atomic E-state index is 0.0392. The average molecular weight is 397 g/mol. The van der Waals surface area contributed by atoms with Gasteiger partial charge < -0.3 is 4.90 Å². The molecule has 146 valence electrons. The van der Waals surface area contributed by atoms with Crippen molar-refractivity contribution in [2.45, 2.75) is 39.0 Å². The normalized spacial score (nSPS) is 14.8. The number of aromatic amines is 1. The Hall–Kier alpha value is -2.67. The highest BCUT2D eigenvalue weighted by molar-refractivity contribution is 7.12. The number of hydrogen-bond acceptors (Lipinski definition) is 4. The number of nitrogens with one attached hydrogen (secondary N) is 1. The zero-order chi connectivity index (χ0) is 19.5. The monoisotopic (exact) mass is 396 g/mol. The second kappa shape index (κ2) is 8.14. The predicted molar refractivity (Wildman–Crippen MR) is 111 cm³/mol. The molecule has 0 spiro atoms. The second-order valence-corrected chi connectivity index (χ2v) is 8.05. The molecule has 1 aliphatic heterocycles. The molecule has 3 heterocycles. The van der Waals surface area contributed by atoms with Crippen LogP contribution in [-0.2, 0) is 11.2 Å². The Labute approximate surface area is 167 Å². The van der Waals surface area contributed by atoms with Crippen LogP contribution in [0.5, 0.6) is 0 Å². The first-order chi connectivity index (χ1) is 13.6. The summed E-state index contributed by atoms with van der Waals surface area (Å²) in [7, 11) is 0. The van der Waals surface area contributed by atoms with Crippen molar-refractivity contribution in [2.24, 2.45) is 0 Å². The van der Waals surface area contributed by atoms with Gasteiger partial charge in [0.2, 0.25) is 11.0 Å². The summed E-state index contributed by atoms with van der Waals surface area (Å²) in [5, 5.41) is 5.62. The van der Waals surface area contributed by atoms with Gasteiger partial charge in [-0.1, -0.05) is 43.2 Å². The molecular weight excluding hydrogens is 372 g/mol. The summed E-state index contributed by atoms with van der Waals surface area (Å²) in [6.07, 6.45) is 4.58. The van der Waals surface area contributed by atoms with Crippen molar-refractivity contribution in [3.8, 4) is 16.4 Å². The van der Waals surface area contributed by atoms with Crippen LogP contribution in [0.1, 0.15) is 36.9 Å². The van der Waals surface area contributed by atoms with E-state index < -0.39 is 0 Å². The zero-order valence-electron chi connectivity index (χ0n) is 16.0. The number of carbonyl (C=O) groups excluding carboxylic acids is 1. The molecule has 1 aliphatic rings. The fraction of sp³-hybridized carbons (Fsp3) is 0.381. The Balaban J connectivity index is 1.57. The van der Waals surface area contributed by atoms with Gasteiger partial charge in [0.25, 0.3) is 5.56 Å². The quantitative estimate of drug-likeness (QED) is 0.733. The highest BCUT2D eigenvalue weighted by Gasteiger charge is 2.21. The summed E-state index contributed by atoms with van der Waals surface area (Å²) < 4.78 is 1.46. The van der Waals surface area contributed by atoms with Gasteiger partial charge in [-0.05, 0) is 19.8 Å².